The molecule has 5 heteroatoms. The number of halogens is 2. The van der Waals surface area contributed by atoms with Crippen LogP contribution in [-0.2, 0) is 13.2 Å². The number of methoxy groups -OCH3 is 1. The van der Waals surface area contributed by atoms with Crippen molar-refractivity contribution in [3.8, 4) is 11.5 Å². The molecule has 0 spiro atoms. The zero-order valence-electron chi connectivity index (χ0n) is 12.0. The van der Waals surface area contributed by atoms with Gasteiger partial charge in [-0.1, -0.05) is 24.3 Å². The van der Waals surface area contributed by atoms with E-state index in [2.05, 4.69) is 5.32 Å². The monoisotopic (exact) mass is 293 g/mol. The van der Waals surface area contributed by atoms with E-state index in [4.69, 9.17) is 9.47 Å². The lowest BCUT2D eigenvalue weighted by molar-refractivity contribution is 0.274. The lowest BCUT2D eigenvalue weighted by Crippen LogP contribution is -2.09. The third-order valence-corrected chi connectivity index (χ3v) is 3.05. The fraction of sp³-hybridized carbons (Fsp3) is 0.250. The maximum atomic E-state index is 13.6. The van der Waals surface area contributed by atoms with Crippen molar-refractivity contribution < 1.29 is 18.3 Å². The Labute approximate surface area is 122 Å². The van der Waals surface area contributed by atoms with Gasteiger partial charge in [0, 0.05) is 17.7 Å². The van der Waals surface area contributed by atoms with Crippen LogP contribution < -0.4 is 14.8 Å². The van der Waals surface area contributed by atoms with Crippen molar-refractivity contribution >= 4 is 0 Å². The standard InChI is InChI=1S/C16H17F2NO2/c1-19-9-11-5-4-8-14(20-2)16(11)21-10-12-6-3-7-13(17)15(12)18/h3-8,19H,9-10H2,1-2H3. The Kier molecular flexibility index (Phi) is 5.11. The van der Waals surface area contributed by atoms with Gasteiger partial charge in [-0.25, -0.2) is 8.78 Å². The zero-order valence-corrected chi connectivity index (χ0v) is 12.0. The molecule has 0 fully saturated rings. The molecule has 0 aliphatic heterocycles. The summed E-state index contributed by atoms with van der Waals surface area (Å²) >= 11 is 0. The van der Waals surface area contributed by atoms with E-state index < -0.39 is 11.6 Å². The van der Waals surface area contributed by atoms with Crippen molar-refractivity contribution in [1.29, 1.82) is 0 Å². The molecule has 0 heterocycles. The van der Waals surface area contributed by atoms with Crippen LogP contribution in [0.15, 0.2) is 36.4 Å². The minimum absolute atomic E-state index is 0.0688. The van der Waals surface area contributed by atoms with Crippen molar-refractivity contribution in [3.05, 3.63) is 59.2 Å². The largest absolute Gasteiger partial charge is 0.493 e. The number of nitrogens with one attached hydrogen (secondary N) is 1. The summed E-state index contributed by atoms with van der Waals surface area (Å²) < 4.78 is 37.7. The second-order valence-electron chi connectivity index (χ2n) is 4.48. The number of hydrogen-bond acceptors (Lipinski definition) is 3. The van der Waals surface area contributed by atoms with Crippen molar-refractivity contribution in [1.82, 2.24) is 5.32 Å². The van der Waals surface area contributed by atoms with Crippen LogP contribution in [0.2, 0.25) is 0 Å². The van der Waals surface area contributed by atoms with E-state index in [1.807, 2.05) is 19.2 Å². The third kappa shape index (κ3) is 3.49. The minimum Gasteiger partial charge on any atom is -0.493 e. The van der Waals surface area contributed by atoms with Crippen molar-refractivity contribution in [2.24, 2.45) is 0 Å². The summed E-state index contributed by atoms with van der Waals surface area (Å²) in [6, 6.07) is 9.52. The number of hydrogen-bond donors (Lipinski definition) is 1. The Morgan fingerprint density at radius 2 is 1.76 bits per heavy atom. The fourth-order valence-electron chi connectivity index (χ4n) is 2.03. The van der Waals surface area contributed by atoms with E-state index in [0.717, 1.165) is 11.6 Å². The van der Waals surface area contributed by atoms with Crippen molar-refractivity contribution in [2.75, 3.05) is 14.2 Å². The highest BCUT2D eigenvalue weighted by atomic mass is 19.2. The first kappa shape index (κ1) is 15.3. The molecule has 2 aromatic carbocycles. The average molecular weight is 293 g/mol. The molecule has 0 amide bonds. The molecular formula is C16H17F2NO2. The highest BCUT2D eigenvalue weighted by molar-refractivity contribution is 5.46. The Hall–Kier alpha value is -2.14. The first-order valence-corrected chi connectivity index (χ1v) is 6.53. The minimum atomic E-state index is -0.887. The van der Waals surface area contributed by atoms with Crippen LogP contribution in [0.3, 0.4) is 0 Å². The highest BCUT2D eigenvalue weighted by Gasteiger charge is 2.13. The van der Waals surface area contributed by atoms with Crippen molar-refractivity contribution in [3.63, 3.8) is 0 Å². The smallest absolute Gasteiger partial charge is 0.166 e. The molecule has 1 N–H and O–H groups in total. The van der Waals surface area contributed by atoms with Gasteiger partial charge in [-0.3, -0.25) is 0 Å². The fourth-order valence-corrected chi connectivity index (χ4v) is 2.03. The Morgan fingerprint density at radius 1 is 1.05 bits per heavy atom. The number of ether oxygens (including phenoxy) is 2. The molecule has 3 nitrogen and oxygen atoms in total. The van der Waals surface area contributed by atoms with Crippen LogP contribution in [0.4, 0.5) is 8.78 Å². The molecule has 2 aromatic rings. The van der Waals surface area contributed by atoms with E-state index in [0.29, 0.717) is 18.0 Å². The topological polar surface area (TPSA) is 30.5 Å². The predicted octanol–water partition coefficient (Wildman–Crippen LogP) is 3.27. The van der Waals surface area contributed by atoms with Gasteiger partial charge >= 0.3 is 0 Å². The van der Waals surface area contributed by atoms with E-state index in [1.54, 1.807) is 6.07 Å². The Balaban J connectivity index is 2.24. The van der Waals surface area contributed by atoms with E-state index in [1.165, 1.54) is 19.2 Å². The summed E-state index contributed by atoms with van der Waals surface area (Å²) in [7, 11) is 3.35. The molecule has 0 aromatic heterocycles. The Bertz CT molecular complexity index is 617. The first-order chi connectivity index (χ1) is 10.2. The Morgan fingerprint density at radius 3 is 2.48 bits per heavy atom. The van der Waals surface area contributed by atoms with Gasteiger partial charge < -0.3 is 14.8 Å². The molecule has 2 rings (SSSR count). The normalized spacial score (nSPS) is 10.5. The van der Waals surface area contributed by atoms with E-state index in [-0.39, 0.29) is 12.2 Å². The summed E-state index contributed by atoms with van der Waals surface area (Å²) in [4.78, 5) is 0. The maximum absolute atomic E-state index is 13.6. The van der Waals surface area contributed by atoms with Crippen molar-refractivity contribution in [2.45, 2.75) is 13.2 Å². The molecule has 112 valence electrons. The van der Waals surface area contributed by atoms with Gasteiger partial charge in [-0.05, 0) is 19.2 Å². The van der Waals surface area contributed by atoms with Gasteiger partial charge in [0.05, 0.1) is 7.11 Å². The average Bonchev–Trinajstić information content (AvgIpc) is 2.49. The van der Waals surface area contributed by atoms with Gasteiger partial charge in [-0.15, -0.1) is 0 Å². The summed E-state index contributed by atoms with van der Waals surface area (Å²) in [5, 5.41) is 3.02. The molecule has 0 atom stereocenters. The van der Waals surface area contributed by atoms with Crippen LogP contribution in [0.1, 0.15) is 11.1 Å². The SMILES string of the molecule is CNCc1cccc(OC)c1OCc1cccc(F)c1F. The number of para-hydroxylation sites is 1. The van der Waals surface area contributed by atoms with E-state index in [9.17, 15) is 8.78 Å². The third-order valence-electron chi connectivity index (χ3n) is 3.05. The molecule has 0 saturated heterocycles. The summed E-state index contributed by atoms with van der Waals surface area (Å²) in [5.74, 6) is -0.688. The van der Waals surface area contributed by atoms with Gasteiger partial charge in [-0.2, -0.15) is 0 Å². The second kappa shape index (κ2) is 7.04. The second-order valence-corrected chi connectivity index (χ2v) is 4.48. The molecule has 0 saturated carbocycles. The van der Waals surface area contributed by atoms with Crippen LogP contribution in [0.5, 0.6) is 11.5 Å². The maximum Gasteiger partial charge on any atom is 0.166 e. The number of rotatable bonds is 6. The van der Waals surface area contributed by atoms with Crippen LogP contribution in [-0.4, -0.2) is 14.2 Å². The molecule has 0 aliphatic carbocycles. The van der Waals surface area contributed by atoms with Gasteiger partial charge in [0.25, 0.3) is 0 Å². The summed E-state index contributed by atoms with van der Waals surface area (Å²) in [5.41, 5.74) is 1.05. The highest BCUT2D eigenvalue weighted by Crippen LogP contribution is 2.32. The van der Waals surface area contributed by atoms with Crippen LogP contribution in [0, 0.1) is 11.6 Å². The lowest BCUT2D eigenvalue weighted by Gasteiger charge is -2.15. The predicted molar refractivity (Wildman–Crippen MR) is 76.4 cm³/mol. The molecule has 0 radical (unpaired) electrons. The lowest BCUT2D eigenvalue weighted by atomic mass is 10.1. The molecule has 0 unspecified atom stereocenters. The molecule has 0 aliphatic rings. The summed E-state index contributed by atoms with van der Waals surface area (Å²) in [6.45, 7) is 0.513. The molecular weight excluding hydrogens is 276 g/mol. The molecule has 21 heavy (non-hydrogen) atoms. The molecule has 0 bridgehead atoms. The summed E-state index contributed by atoms with van der Waals surface area (Å²) in [6.07, 6.45) is 0. The van der Waals surface area contributed by atoms with Crippen LogP contribution in [0.25, 0.3) is 0 Å². The van der Waals surface area contributed by atoms with Crippen LogP contribution >= 0.6 is 0 Å². The quantitative estimate of drug-likeness (QED) is 0.886. The first-order valence-electron chi connectivity index (χ1n) is 6.53. The number of benzene rings is 2. The van der Waals surface area contributed by atoms with Gasteiger partial charge in [0.2, 0.25) is 0 Å². The van der Waals surface area contributed by atoms with E-state index >= 15 is 0 Å². The zero-order chi connectivity index (χ0) is 15.2. The van der Waals surface area contributed by atoms with Gasteiger partial charge in [0.15, 0.2) is 23.1 Å². The van der Waals surface area contributed by atoms with Gasteiger partial charge in [0.1, 0.15) is 6.61 Å².